The molecule has 2 heterocycles. The van der Waals surface area contributed by atoms with Gasteiger partial charge in [-0.2, -0.15) is 0 Å². The highest BCUT2D eigenvalue weighted by Gasteiger charge is 2.25. The maximum absolute atomic E-state index is 13.7. The molecule has 0 radical (unpaired) electrons. The Hall–Kier alpha value is -3.39. The number of benzene rings is 2. The van der Waals surface area contributed by atoms with Crippen molar-refractivity contribution in [3.05, 3.63) is 64.2 Å². The molecule has 0 aliphatic carbocycles. The Morgan fingerprint density at radius 1 is 1.12 bits per heavy atom. The summed E-state index contributed by atoms with van der Waals surface area (Å²) in [6.07, 6.45) is 0. The van der Waals surface area contributed by atoms with Crippen molar-refractivity contribution in [2.45, 2.75) is 20.4 Å². The summed E-state index contributed by atoms with van der Waals surface area (Å²) in [5.41, 5.74) is 1.52. The zero-order valence-corrected chi connectivity index (χ0v) is 20.1. The summed E-state index contributed by atoms with van der Waals surface area (Å²) in [5.74, 6) is -0.702. The molecule has 0 atom stereocenters. The molecule has 0 bridgehead atoms. The lowest BCUT2D eigenvalue weighted by molar-refractivity contribution is 0.102. The Balaban J connectivity index is 1.84. The summed E-state index contributed by atoms with van der Waals surface area (Å²) in [4.78, 5) is 31.5. The Morgan fingerprint density at radius 2 is 1.85 bits per heavy atom. The van der Waals surface area contributed by atoms with Gasteiger partial charge in [-0.15, -0.1) is 0 Å². The predicted octanol–water partition coefficient (Wildman–Crippen LogP) is 3.81. The molecule has 1 aliphatic rings. The number of halogens is 1. The van der Waals surface area contributed by atoms with Crippen molar-refractivity contribution in [1.82, 2.24) is 9.47 Å². The third-order valence-electron chi connectivity index (χ3n) is 6.13. The molecule has 1 aliphatic heterocycles. The number of rotatable bonds is 6. The van der Waals surface area contributed by atoms with E-state index in [0.717, 1.165) is 37.4 Å². The first-order chi connectivity index (χ1) is 16.3. The molecule has 1 amide bonds. The number of hydrogen-bond acceptors (Lipinski definition) is 5. The normalized spacial score (nSPS) is 14.6. The monoisotopic (exact) mass is 466 g/mol. The van der Waals surface area contributed by atoms with Crippen LogP contribution in [0.15, 0.2) is 47.3 Å². The van der Waals surface area contributed by atoms with Gasteiger partial charge in [0, 0.05) is 49.5 Å². The van der Waals surface area contributed by atoms with Crippen LogP contribution < -0.4 is 20.5 Å². The van der Waals surface area contributed by atoms with Gasteiger partial charge in [0.1, 0.15) is 17.1 Å². The first-order valence-corrected chi connectivity index (χ1v) is 11.5. The Labute approximate surface area is 198 Å². The molecule has 4 rings (SSSR count). The van der Waals surface area contributed by atoms with Crippen molar-refractivity contribution in [1.29, 1.82) is 0 Å². The highest BCUT2D eigenvalue weighted by Crippen LogP contribution is 2.32. The highest BCUT2D eigenvalue weighted by molar-refractivity contribution is 6.09. The van der Waals surface area contributed by atoms with Crippen molar-refractivity contribution in [3.8, 4) is 5.75 Å². The molecule has 1 N–H and O–H groups in total. The lowest BCUT2D eigenvalue weighted by Gasteiger charge is -2.34. The van der Waals surface area contributed by atoms with Crippen molar-refractivity contribution in [2.24, 2.45) is 5.92 Å². The summed E-state index contributed by atoms with van der Waals surface area (Å²) < 4.78 is 20.9. The van der Waals surface area contributed by atoms with Gasteiger partial charge in [-0.25, -0.2) is 4.39 Å². The zero-order chi connectivity index (χ0) is 24.4. The maximum atomic E-state index is 13.7. The van der Waals surface area contributed by atoms with E-state index in [9.17, 15) is 14.0 Å². The molecule has 0 spiro atoms. The number of pyridine rings is 1. The number of aromatic nitrogens is 1. The van der Waals surface area contributed by atoms with Gasteiger partial charge in [-0.3, -0.25) is 9.59 Å². The molecule has 0 unspecified atom stereocenters. The van der Waals surface area contributed by atoms with Crippen molar-refractivity contribution >= 4 is 28.2 Å². The van der Waals surface area contributed by atoms with Gasteiger partial charge in [0.2, 0.25) is 0 Å². The maximum Gasteiger partial charge on any atom is 0.267 e. The third-order valence-corrected chi connectivity index (χ3v) is 6.13. The summed E-state index contributed by atoms with van der Waals surface area (Å²) in [6, 6.07) is 11.5. The minimum atomic E-state index is -0.630. The standard InChI is InChI=1S/C26H31FN4O3/c1-17(2)16-31-22-15-20(30-12-10-29(3)11-13-30)8-9-21(22)24(34-4)23(26(31)33)25(32)28-19-7-5-6-18(27)14-19/h5-9,14-15,17H,10-13,16H2,1-4H3,(H,28,32). The zero-order valence-electron chi connectivity index (χ0n) is 20.1. The van der Waals surface area contributed by atoms with Crippen LogP contribution in [0.4, 0.5) is 15.8 Å². The lowest BCUT2D eigenvalue weighted by Crippen LogP contribution is -2.44. The Morgan fingerprint density at radius 3 is 2.50 bits per heavy atom. The van der Waals surface area contributed by atoms with Crippen LogP contribution in [0.2, 0.25) is 0 Å². The van der Waals surface area contributed by atoms with E-state index in [1.54, 1.807) is 10.6 Å². The van der Waals surface area contributed by atoms with E-state index in [0.29, 0.717) is 11.9 Å². The highest BCUT2D eigenvalue weighted by atomic mass is 19.1. The lowest BCUT2D eigenvalue weighted by atomic mass is 10.1. The molecule has 0 saturated carbocycles. The number of hydrogen-bond donors (Lipinski definition) is 1. The molecule has 3 aromatic rings. The predicted molar refractivity (Wildman–Crippen MR) is 134 cm³/mol. The fourth-order valence-electron chi connectivity index (χ4n) is 4.39. The molecular weight excluding hydrogens is 435 g/mol. The van der Waals surface area contributed by atoms with Crippen LogP contribution in [0.1, 0.15) is 24.2 Å². The van der Waals surface area contributed by atoms with Crippen LogP contribution in [-0.4, -0.2) is 55.7 Å². The van der Waals surface area contributed by atoms with Gasteiger partial charge in [0.15, 0.2) is 0 Å². The Bertz CT molecular complexity index is 1260. The minimum absolute atomic E-state index is 0.0905. The first-order valence-electron chi connectivity index (χ1n) is 11.5. The fraction of sp³-hybridized carbons (Fsp3) is 0.385. The summed E-state index contributed by atoms with van der Waals surface area (Å²) in [7, 11) is 3.56. The molecule has 1 fully saturated rings. The third kappa shape index (κ3) is 4.77. The van der Waals surface area contributed by atoms with Gasteiger partial charge in [0.05, 0.1) is 12.6 Å². The molecule has 2 aromatic carbocycles. The van der Waals surface area contributed by atoms with Crippen LogP contribution in [0, 0.1) is 11.7 Å². The number of carbonyl (C=O) groups is 1. The molecule has 34 heavy (non-hydrogen) atoms. The molecule has 1 saturated heterocycles. The van der Waals surface area contributed by atoms with Gasteiger partial charge in [0.25, 0.3) is 11.5 Å². The van der Waals surface area contributed by atoms with Crippen LogP contribution in [0.5, 0.6) is 5.75 Å². The van der Waals surface area contributed by atoms with E-state index in [1.165, 1.54) is 25.3 Å². The quantitative estimate of drug-likeness (QED) is 0.599. The number of piperazine rings is 1. The number of nitrogens with zero attached hydrogens (tertiary/aromatic N) is 3. The summed E-state index contributed by atoms with van der Waals surface area (Å²) in [5, 5.41) is 3.33. The average molecular weight is 467 g/mol. The van der Waals surface area contributed by atoms with Gasteiger partial charge in [-0.1, -0.05) is 19.9 Å². The first kappa shape index (κ1) is 23.8. The largest absolute Gasteiger partial charge is 0.495 e. The van der Waals surface area contributed by atoms with Gasteiger partial charge < -0.3 is 24.4 Å². The topological polar surface area (TPSA) is 66.8 Å². The summed E-state index contributed by atoms with van der Waals surface area (Å²) >= 11 is 0. The van der Waals surface area contributed by atoms with E-state index in [1.807, 2.05) is 32.0 Å². The average Bonchev–Trinajstić information content (AvgIpc) is 2.80. The fourth-order valence-corrected chi connectivity index (χ4v) is 4.39. The number of amides is 1. The van der Waals surface area contributed by atoms with Gasteiger partial charge >= 0.3 is 0 Å². The van der Waals surface area contributed by atoms with E-state index < -0.39 is 17.3 Å². The molecular formula is C26H31FN4O3. The van der Waals surface area contributed by atoms with Gasteiger partial charge in [-0.05, 0) is 49.4 Å². The van der Waals surface area contributed by atoms with E-state index >= 15 is 0 Å². The van der Waals surface area contributed by atoms with E-state index in [-0.39, 0.29) is 22.9 Å². The number of likely N-dealkylation sites (N-methyl/N-ethyl adjacent to an activating group) is 1. The number of nitrogens with one attached hydrogen (secondary N) is 1. The van der Waals surface area contributed by atoms with Crippen molar-refractivity contribution in [3.63, 3.8) is 0 Å². The second-order valence-electron chi connectivity index (χ2n) is 9.17. The second kappa shape index (κ2) is 9.85. The van der Waals surface area contributed by atoms with E-state index in [4.69, 9.17) is 4.74 Å². The number of methoxy groups -OCH3 is 1. The van der Waals surface area contributed by atoms with Crippen LogP contribution in [-0.2, 0) is 6.54 Å². The number of anilines is 2. The Kier molecular flexibility index (Phi) is 6.88. The van der Waals surface area contributed by atoms with E-state index in [2.05, 4.69) is 22.2 Å². The summed E-state index contributed by atoms with van der Waals surface area (Å²) in [6.45, 7) is 8.26. The molecule has 1 aromatic heterocycles. The van der Waals surface area contributed by atoms with Crippen LogP contribution in [0.3, 0.4) is 0 Å². The smallest absolute Gasteiger partial charge is 0.267 e. The van der Waals surface area contributed by atoms with Crippen LogP contribution in [0.25, 0.3) is 10.9 Å². The second-order valence-corrected chi connectivity index (χ2v) is 9.17. The van der Waals surface area contributed by atoms with Crippen molar-refractivity contribution in [2.75, 3.05) is 50.6 Å². The molecule has 8 heteroatoms. The van der Waals surface area contributed by atoms with Crippen molar-refractivity contribution < 1.29 is 13.9 Å². The van der Waals surface area contributed by atoms with Crippen LogP contribution >= 0.6 is 0 Å². The number of carbonyl (C=O) groups excluding carboxylic acids is 1. The molecule has 7 nitrogen and oxygen atoms in total. The number of fused-ring (bicyclic) bond motifs is 1. The molecule has 180 valence electrons. The SMILES string of the molecule is COc1c(C(=O)Nc2cccc(F)c2)c(=O)n(CC(C)C)c2cc(N3CCN(C)CC3)ccc12. The number of ether oxygens (including phenoxy) is 1. The minimum Gasteiger partial charge on any atom is -0.495 e.